The highest BCUT2D eigenvalue weighted by atomic mass is 79.9. The number of carbonyl (C=O) groups is 1. The highest BCUT2D eigenvalue weighted by Crippen LogP contribution is 2.16. The topological polar surface area (TPSA) is 29.1 Å². The molecule has 17 heavy (non-hydrogen) atoms. The van der Waals surface area contributed by atoms with Gasteiger partial charge in [-0.15, -0.1) is 0 Å². The lowest BCUT2D eigenvalue weighted by Gasteiger charge is -2.20. The highest BCUT2D eigenvalue weighted by Gasteiger charge is 2.17. The van der Waals surface area contributed by atoms with Gasteiger partial charge in [0.2, 0.25) is 0 Å². The van der Waals surface area contributed by atoms with Crippen LogP contribution in [0.3, 0.4) is 0 Å². The zero-order valence-electron chi connectivity index (χ0n) is 10.3. The molecule has 0 saturated heterocycles. The lowest BCUT2D eigenvalue weighted by molar-refractivity contribution is 0.0924. The zero-order chi connectivity index (χ0) is 13.0. The van der Waals surface area contributed by atoms with Crippen LogP contribution < -0.4 is 5.32 Å². The average molecular weight is 302 g/mol. The number of rotatable bonds is 4. The number of nitrogens with one attached hydrogen (secondary N) is 1. The molecule has 0 spiro atoms. The minimum absolute atomic E-state index is 0.0375. The summed E-state index contributed by atoms with van der Waals surface area (Å²) in [7, 11) is 0. The predicted octanol–water partition coefficient (Wildman–Crippen LogP) is 3.75. The minimum atomic E-state index is -0.506. The molecule has 0 aliphatic carbocycles. The van der Waals surface area contributed by atoms with Gasteiger partial charge in [0.05, 0.1) is 5.56 Å². The minimum Gasteiger partial charge on any atom is -0.349 e. The zero-order valence-corrected chi connectivity index (χ0v) is 11.8. The molecule has 1 N–H and O–H groups in total. The van der Waals surface area contributed by atoms with Crippen LogP contribution in [0, 0.1) is 11.7 Å². The summed E-state index contributed by atoms with van der Waals surface area (Å²) in [6.45, 7) is 6.05. The largest absolute Gasteiger partial charge is 0.349 e. The molecule has 0 bridgehead atoms. The van der Waals surface area contributed by atoms with E-state index in [0.717, 1.165) is 6.42 Å². The first-order valence-electron chi connectivity index (χ1n) is 5.71. The summed E-state index contributed by atoms with van der Waals surface area (Å²) in [5, 5.41) is 2.81. The van der Waals surface area contributed by atoms with E-state index < -0.39 is 5.82 Å². The summed E-state index contributed by atoms with van der Waals surface area (Å²) in [6.07, 6.45) is 0.976. The number of hydrogen-bond acceptors (Lipinski definition) is 1. The Morgan fingerprint density at radius 1 is 1.47 bits per heavy atom. The first-order valence-corrected chi connectivity index (χ1v) is 6.51. The molecule has 2 unspecified atom stereocenters. The molecule has 1 aromatic rings. The third kappa shape index (κ3) is 3.80. The fourth-order valence-corrected chi connectivity index (χ4v) is 1.79. The van der Waals surface area contributed by atoms with Gasteiger partial charge in [0.15, 0.2) is 0 Å². The van der Waals surface area contributed by atoms with E-state index >= 15 is 0 Å². The predicted molar refractivity (Wildman–Crippen MR) is 70.5 cm³/mol. The van der Waals surface area contributed by atoms with Crippen molar-refractivity contribution in [3.8, 4) is 0 Å². The Hall–Kier alpha value is -0.900. The molecule has 0 saturated carbocycles. The average Bonchev–Trinajstić information content (AvgIpc) is 2.27. The van der Waals surface area contributed by atoms with Crippen LogP contribution in [0.15, 0.2) is 22.7 Å². The summed E-state index contributed by atoms with van der Waals surface area (Å²) in [5.74, 6) is -0.492. The molecular weight excluding hydrogens is 285 g/mol. The molecule has 2 nitrogen and oxygen atoms in total. The summed E-state index contributed by atoms with van der Waals surface area (Å²) >= 11 is 3.16. The van der Waals surface area contributed by atoms with E-state index in [0.29, 0.717) is 10.4 Å². The summed E-state index contributed by atoms with van der Waals surface area (Å²) in [5.41, 5.74) is 0.0864. The summed E-state index contributed by atoms with van der Waals surface area (Å²) in [6, 6.07) is 4.47. The van der Waals surface area contributed by atoms with Gasteiger partial charge in [0.25, 0.3) is 5.91 Å². The molecule has 0 aromatic heterocycles. The molecule has 0 radical (unpaired) electrons. The van der Waals surface area contributed by atoms with Crippen molar-refractivity contribution in [2.24, 2.45) is 5.92 Å². The van der Waals surface area contributed by atoms with Crippen LogP contribution in [0.2, 0.25) is 0 Å². The van der Waals surface area contributed by atoms with E-state index in [1.165, 1.54) is 12.1 Å². The smallest absolute Gasteiger partial charge is 0.254 e. The van der Waals surface area contributed by atoms with Crippen molar-refractivity contribution in [2.75, 3.05) is 0 Å². The van der Waals surface area contributed by atoms with E-state index in [9.17, 15) is 9.18 Å². The molecule has 4 heteroatoms. The van der Waals surface area contributed by atoms with Crippen LogP contribution in [-0.2, 0) is 0 Å². The number of carbonyl (C=O) groups excluding carboxylic acids is 1. The second-order valence-corrected chi connectivity index (χ2v) is 5.19. The first-order chi connectivity index (χ1) is 7.95. The molecule has 1 aromatic carbocycles. The fourth-order valence-electron chi connectivity index (χ4n) is 1.45. The van der Waals surface area contributed by atoms with Crippen molar-refractivity contribution < 1.29 is 9.18 Å². The van der Waals surface area contributed by atoms with Gasteiger partial charge in [-0.25, -0.2) is 4.39 Å². The number of hydrogen-bond donors (Lipinski definition) is 1. The highest BCUT2D eigenvalue weighted by molar-refractivity contribution is 9.10. The van der Waals surface area contributed by atoms with Gasteiger partial charge in [0.1, 0.15) is 5.82 Å². The Balaban J connectivity index is 2.76. The van der Waals surface area contributed by atoms with Crippen molar-refractivity contribution in [1.82, 2.24) is 5.32 Å². The maximum Gasteiger partial charge on any atom is 0.254 e. The fraction of sp³-hybridized carbons (Fsp3) is 0.462. The van der Waals surface area contributed by atoms with Crippen molar-refractivity contribution in [2.45, 2.75) is 33.2 Å². The third-order valence-corrected chi connectivity index (χ3v) is 3.53. The number of benzene rings is 1. The number of halogens is 2. The molecular formula is C13H17BrFNO. The molecule has 0 fully saturated rings. The van der Waals surface area contributed by atoms with Crippen molar-refractivity contribution in [1.29, 1.82) is 0 Å². The monoisotopic (exact) mass is 301 g/mol. The second-order valence-electron chi connectivity index (χ2n) is 4.27. The summed E-state index contributed by atoms with van der Waals surface area (Å²) < 4.78 is 14.2. The van der Waals surface area contributed by atoms with E-state index in [2.05, 4.69) is 35.1 Å². The second kappa shape index (κ2) is 6.15. The molecule has 1 rings (SSSR count). The van der Waals surface area contributed by atoms with Crippen LogP contribution in [0.5, 0.6) is 0 Å². The Morgan fingerprint density at radius 3 is 2.65 bits per heavy atom. The standard InChI is InChI=1S/C13H17BrFNO/c1-4-8(2)9(3)16-13(17)11-6-5-10(14)7-12(11)15/h5-9H,4H2,1-3H3,(H,16,17). The Morgan fingerprint density at radius 2 is 2.12 bits per heavy atom. The van der Waals surface area contributed by atoms with Gasteiger partial charge in [-0.05, 0) is 31.0 Å². The third-order valence-electron chi connectivity index (χ3n) is 3.03. The molecule has 1 amide bonds. The van der Waals surface area contributed by atoms with Crippen LogP contribution in [0.1, 0.15) is 37.6 Å². The lowest BCUT2D eigenvalue weighted by Crippen LogP contribution is -2.37. The van der Waals surface area contributed by atoms with Crippen molar-refractivity contribution >= 4 is 21.8 Å². The maximum atomic E-state index is 13.5. The van der Waals surface area contributed by atoms with Gasteiger partial charge in [-0.3, -0.25) is 4.79 Å². The lowest BCUT2D eigenvalue weighted by atomic mass is 10.0. The Labute approximate surface area is 110 Å². The SMILES string of the molecule is CCC(C)C(C)NC(=O)c1ccc(Br)cc1F. The Bertz CT molecular complexity index is 408. The van der Waals surface area contributed by atoms with Crippen LogP contribution in [0.4, 0.5) is 4.39 Å². The molecule has 94 valence electrons. The van der Waals surface area contributed by atoms with E-state index in [1.54, 1.807) is 6.07 Å². The van der Waals surface area contributed by atoms with Crippen LogP contribution in [-0.4, -0.2) is 11.9 Å². The molecule has 2 atom stereocenters. The normalized spacial score (nSPS) is 14.2. The first kappa shape index (κ1) is 14.2. The Kier molecular flexibility index (Phi) is 5.12. The molecule has 0 aliphatic heterocycles. The molecule has 0 heterocycles. The van der Waals surface area contributed by atoms with Gasteiger partial charge < -0.3 is 5.32 Å². The van der Waals surface area contributed by atoms with Gasteiger partial charge in [-0.1, -0.05) is 36.2 Å². The van der Waals surface area contributed by atoms with E-state index in [-0.39, 0.29) is 17.5 Å². The van der Waals surface area contributed by atoms with Crippen molar-refractivity contribution in [3.63, 3.8) is 0 Å². The van der Waals surface area contributed by atoms with E-state index in [4.69, 9.17) is 0 Å². The van der Waals surface area contributed by atoms with Gasteiger partial charge >= 0.3 is 0 Å². The van der Waals surface area contributed by atoms with Crippen molar-refractivity contribution in [3.05, 3.63) is 34.1 Å². The summed E-state index contributed by atoms with van der Waals surface area (Å²) in [4.78, 5) is 11.8. The van der Waals surface area contributed by atoms with Crippen LogP contribution in [0.25, 0.3) is 0 Å². The quantitative estimate of drug-likeness (QED) is 0.901. The molecule has 0 aliphatic rings. The van der Waals surface area contributed by atoms with Gasteiger partial charge in [0, 0.05) is 10.5 Å². The van der Waals surface area contributed by atoms with Gasteiger partial charge in [-0.2, -0.15) is 0 Å². The van der Waals surface area contributed by atoms with Crippen LogP contribution >= 0.6 is 15.9 Å². The maximum absolute atomic E-state index is 13.5. The number of amides is 1. The van der Waals surface area contributed by atoms with E-state index in [1.807, 2.05) is 6.92 Å².